The van der Waals surface area contributed by atoms with Crippen LogP contribution in [0.2, 0.25) is 5.02 Å². The Morgan fingerprint density at radius 3 is 2.48 bits per heavy atom. The average Bonchev–Trinajstić information content (AvgIpc) is 2.66. The molecular formula is C13H17ClN4O2S. The fourth-order valence-corrected chi connectivity index (χ4v) is 3.48. The van der Waals surface area contributed by atoms with Gasteiger partial charge in [-0.1, -0.05) is 23.7 Å². The molecular weight excluding hydrogens is 312 g/mol. The second kappa shape index (κ2) is 6.05. The zero-order valence-corrected chi connectivity index (χ0v) is 13.4. The molecule has 1 aromatic heterocycles. The van der Waals surface area contributed by atoms with Gasteiger partial charge < -0.3 is 5.73 Å². The summed E-state index contributed by atoms with van der Waals surface area (Å²) in [5.74, 6) is 0.00833. The van der Waals surface area contributed by atoms with Crippen molar-refractivity contribution in [1.82, 2.24) is 14.5 Å². The summed E-state index contributed by atoms with van der Waals surface area (Å²) in [6.45, 7) is 1.94. The number of sulfonamides is 1. The molecule has 0 aliphatic carbocycles. The van der Waals surface area contributed by atoms with Gasteiger partial charge in [-0.3, -0.25) is 4.68 Å². The van der Waals surface area contributed by atoms with Crippen molar-refractivity contribution in [2.75, 3.05) is 12.3 Å². The lowest BCUT2D eigenvalue weighted by molar-refractivity contribution is 0.581. The van der Waals surface area contributed by atoms with Crippen LogP contribution in [-0.2, 0) is 23.5 Å². The van der Waals surface area contributed by atoms with Crippen molar-refractivity contribution >= 4 is 27.4 Å². The van der Waals surface area contributed by atoms with E-state index in [2.05, 4.69) is 9.82 Å². The van der Waals surface area contributed by atoms with Crippen molar-refractivity contribution in [3.8, 4) is 0 Å². The monoisotopic (exact) mass is 328 g/mol. The first kappa shape index (κ1) is 15.8. The van der Waals surface area contributed by atoms with E-state index in [1.54, 1.807) is 26.1 Å². The lowest BCUT2D eigenvalue weighted by Crippen LogP contribution is -2.27. The first-order valence-electron chi connectivity index (χ1n) is 6.34. The highest BCUT2D eigenvalue weighted by atomic mass is 35.5. The maximum atomic E-state index is 12.3. The summed E-state index contributed by atoms with van der Waals surface area (Å²) >= 11 is 5.80. The van der Waals surface area contributed by atoms with Crippen LogP contribution in [0, 0.1) is 6.92 Å². The summed E-state index contributed by atoms with van der Waals surface area (Å²) in [5.41, 5.74) is 7.17. The maximum Gasteiger partial charge on any atom is 0.246 e. The van der Waals surface area contributed by atoms with E-state index < -0.39 is 10.0 Å². The van der Waals surface area contributed by atoms with Crippen molar-refractivity contribution in [2.24, 2.45) is 7.05 Å². The number of halogens is 1. The summed E-state index contributed by atoms with van der Waals surface area (Å²) in [6, 6.07) is 7.27. The van der Waals surface area contributed by atoms with Crippen molar-refractivity contribution in [1.29, 1.82) is 0 Å². The SMILES string of the molecule is Cc1c(S(=O)(=O)NCCc2ccc(Cl)cc2)c(N)nn1C. The largest absolute Gasteiger partial charge is 0.381 e. The predicted molar refractivity (Wildman–Crippen MR) is 82.7 cm³/mol. The third-order valence-corrected chi connectivity index (χ3v) is 5.07. The van der Waals surface area contributed by atoms with E-state index in [1.165, 1.54) is 4.68 Å². The fraction of sp³-hybridized carbons (Fsp3) is 0.308. The predicted octanol–water partition coefficient (Wildman–Crippen LogP) is 1.49. The highest BCUT2D eigenvalue weighted by Crippen LogP contribution is 2.20. The third-order valence-electron chi connectivity index (χ3n) is 3.19. The zero-order chi connectivity index (χ0) is 15.6. The Balaban J connectivity index is 2.06. The minimum Gasteiger partial charge on any atom is -0.381 e. The molecule has 1 aromatic carbocycles. The molecule has 21 heavy (non-hydrogen) atoms. The Morgan fingerprint density at radius 1 is 1.33 bits per heavy atom. The molecule has 0 amide bonds. The van der Waals surface area contributed by atoms with E-state index >= 15 is 0 Å². The van der Waals surface area contributed by atoms with Gasteiger partial charge in [0.1, 0.15) is 4.90 Å². The molecule has 0 unspecified atom stereocenters. The van der Waals surface area contributed by atoms with Crippen LogP contribution in [0.4, 0.5) is 5.82 Å². The van der Waals surface area contributed by atoms with E-state index in [0.29, 0.717) is 17.1 Å². The van der Waals surface area contributed by atoms with Gasteiger partial charge in [0.25, 0.3) is 0 Å². The van der Waals surface area contributed by atoms with Crippen LogP contribution in [-0.4, -0.2) is 24.7 Å². The molecule has 0 aliphatic rings. The average molecular weight is 329 g/mol. The van der Waals surface area contributed by atoms with Crippen LogP contribution in [0.1, 0.15) is 11.3 Å². The Labute approximate surface area is 129 Å². The van der Waals surface area contributed by atoms with Gasteiger partial charge in [0, 0.05) is 18.6 Å². The van der Waals surface area contributed by atoms with Crippen LogP contribution in [0.15, 0.2) is 29.2 Å². The second-order valence-electron chi connectivity index (χ2n) is 4.70. The Kier molecular flexibility index (Phi) is 4.55. The van der Waals surface area contributed by atoms with Crippen molar-refractivity contribution in [2.45, 2.75) is 18.2 Å². The molecule has 0 spiro atoms. The van der Waals surface area contributed by atoms with Gasteiger partial charge in [-0.05, 0) is 31.0 Å². The molecule has 0 fully saturated rings. The molecule has 1 heterocycles. The van der Waals surface area contributed by atoms with Crippen molar-refractivity contribution < 1.29 is 8.42 Å². The van der Waals surface area contributed by atoms with Gasteiger partial charge in [-0.15, -0.1) is 0 Å². The molecule has 8 heteroatoms. The molecule has 2 aromatic rings. The number of hydrogen-bond donors (Lipinski definition) is 2. The Bertz CT molecular complexity index is 738. The molecule has 3 N–H and O–H groups in total. The molecule has 0 saturated carbocycles. The van der Waals surface area contributed by atoms with E-state index in [9.17, 15) is 8.42 Å². The lowest BCUT2D eigenvalue weighted by Gasteiger charge is -2.07. The number of rotatable bonds is 5. The summed E-state index contributed by atoms with van der Waals surface area (Å²) in [6.07, 6.45) is 0.565. The highest BCUT2D eigenvalue weighted by Gasteiger charge is 2.23. The van der Waals surface area contributed by atoms with Gasteiger partial charge in [-0.25, -0.2) is 13.1 Å². The fourth-order valence-electron chi connectivity index (χ4n) is 2.00. The molecule has 0 bridgehead atoms. The van der Waals surface area contributed by atoms with Gasteiger partial charge in [0.15, 0.2) is 5.82 Å². The van der Waals surface area contributed by atoms with Crippen LogP contribution in [0.5, 0.6) is 0 Å². The van der Waals surface area contributed by atoms with Crippen LogP contribution >= 0.6 is 11.6 Å². The Morgan fingerprint density at radius 2 is 1.95 bits per heavy atom. The van der Waals surface area contributed by atoms with Crippen LogP contribution in [0.3, 0.4) is 0 Å². The molecule has 2 rings (SSSR count). The first-order valence-corrected chi connectivity index (χ1v) is 8.20. The van der Waals surface area contributed by atoms with Gasteiger partial charge in [0.2, 0.25) is 10.0 Å². The minimum absolute atomic E-state index is 0.00833. The minimum atomic E-state index is -3.66. The Hall–Kier alpha value is -1.57. The summed E-state index contributed by atoms with van der Waals surface area (Å²) in [4.78, 5) is 0.0427. The number of anilines is 1. The third kappa shape index (κ3) is 3.55. The molecule has 0 aliphatic heterocycles. The lowest BCUT2D eigenvalue weighted by atomic mass is 10.2. The van der Waals surface area contributed by atoms with E-state index in [0.717, 1.165) is 5.56 Å². The molecule has 0 saturated heterocycles. The number of nitrogen functional groups attached to an aromatic ring is 1. The summed E-state index contributed by atoms with van der Waals surface area (Å²) in [5, 5.41) is 4.56. The summed E-state index contributed by atoms with van der Waals surface area (Å²) in [7, 11) is -2.01. The number of benzene rings is 1. The number of aromatic nitrogens is 2. The number of nitrogens with zero attached hydrogens (tertiary/aromatic N) is 2. The number of nitrogens with two attached hydrogens (primary N) is 1. The van der Waals surface area contributed by atoms with Crippen molar-refractivity contribution in [3.63, 3.8) is 0 Å². The highest BCUT2D eigenvalue weighted by molar-refractivity contribution is 7.89. The van der Waals surface area contributed by atoms with Gasteiger partial charge in [-0.2, -0.15) is 5.10 Å². The van der Waals surface area contributed by atoms with E-state index in [-0.39, 0.29) is 17.3 Å². The van der Waals surface area contributed by atoms with Crippen LogP contribution in [0.25, 0.3) is 0 Å². The smallest absolute Gasteiger partial charge is 0.246 e. The standard InChI is InChI=1S/C13H17ClN4O2S/c1-9-12(13(15)17-18(9)2)21(19,20)16-8-7-10-3-5-11(14)6-4-10/h3-6,16H,7-8H2,1-2H3,(H2,15,17). The molecule has 0 radical (unpaired) electrons. The number of nitrogens with one attached hydrogen (secondary N) is 1. The second-order valence-corrected chi connectivity index (χ2v) is 6.84. The first-order chi connectivity index (χ1) is 9.81. The van der Waals surface area contributed by atoms with Crippen LogP contribution < -0.4 is 10.5 Å². The summed E-state index contributed by atoms with van der Waals surface area (Å²) < 4.78 is 28.5. The maximum absolute atomic E-state index is 12.3. The normalized spacial score (nSPS) is 11.8. The van der Waals surface area contributed by atoms with Gasteiger partial charge >= 0.3 is 0 Å². The topological polar surface area (TPSA) is 90.0 Å². The number of hydrogen-bond acceptors (Lipinski definition) is 4. The van der Waals surface area contributed by atoms with E-state index in [4.69, 9.17) is 17.3 Å². The van der Waals surface area contributed by atoms with Crippen molar-refractivity contribution in [3.05, 3.63) is 40.5 Å². The molecule has 0 atom stereocenters. The molecule has 6 nitrogen and oxygen atoms in total. The van der Waals surface area contributed by atoms with Gasteiger partial charge in [0.05, 0.1) is 5.69 Å². The zero-order valence-electron chi connectivity index (χ0n) is 11.8. The number of aryl methyl sites for hydroxylation is 1. The molecule has 114 valence electrons. The van der Waals surface area contributed by atoms with E-state index in [1.807, 2.05) is 12.1 Å². The quantitative estimate of drug-likeness (QED) is 0.870.